The Balaban J connectivity index is 2.25. The van der Waals surface area contributed by atoms with Crippen LogP contribution in [0.1, 0.15) is 11.9 Å². The van der Waals surface area contributed by atoms with Crippen LogP contribution in [-0.4, -0.2) is 31.6 Å². The third kappa shape index (κ3) is 3.39. The Bertz CT molecular complexity index is 999. The maximum Gasteiger partial charge on any atom is 0.269 e. The second-order valence-electron chi connectivity index (χ2n) is 5.43. The van der Waals surface area contributed by atoms with E-state index in [4.69, 9.17) is 21.1 Å². The van der Waals surface area contributed by atoms with Gasteiger partial charge in [0.1, 0.15) is 4.90 Å². The summed E-state index contributed by atoms with van der Waals surface area (Å²) in [5.74, 6) is 0. The van der Waals surface area contributed by atoms with Crippen molar-refractivity contribution in [2.45, 2.75) is 11.2 Å². The lowest BCUT2D eigenvalue weighted by atomic mass is 10.1. The van der Waals surface area contributed by atoms with Crippen LogP contribution >= 0.6 is 11.6 Å². The van der Waals surface area contributed by atoms with Gasteiger partial charge in [-0.05, 0) is 24.3 Å². The molecular formula is C18H17ClN2O4S. The standard InChI is InChI=1S/C18H17ClN2O4S/c1-24-18(25-2)13-10-17(15-7-3-4-8-16(15)19)21(12-13)26(22,23)14-6-5-9-20-11-14/h3-12,18H,1-2H3. The molecule has 0 saturated carbocycles. The van der Waals surface area contributed by atoms with E-state index in [1.807, 2.05) is 0 Å². The van der Waals surface area contributed by atoms with Gasteiger partial charge in [-0.1, -0.05) is 29.8 Å². The van der Waals surface area contributed by atoms with Crippen molar-refractivity contribution in [3.05, 3.63) is 71.6 Å². The molecule has 0 amide bonds. The van der Waals surface area contributed by atoms with E-state index in [0.717, 1.165) is 0 Å². The SMILES string of the molecule is COC(OC)c1cc(-c2ccccc2Cl)n(S(=O)(=O)c2cccnc2)c1. The van der Waals surface area contributed by atoms with Crippen LogP contribution in [0.5, 0.6) is 0 Å². The predicted octanol–water partition coefficient (Wildman–Crippen LogP) is 3.73. The van der Waals surface area contributed by atoms with Crippen LogP contribution in [0.4, 0.5) is 0 Å². The van der Waals surface area contributed by atoms with E-state index >= 15 is 0 Å². The summed E-state index contributed by atoms with van der Waals surface area (Å²) in [6.07, 6.45) is 3.58. The molecule has 0 aliphatic rings. The highest BCUT2D eigenvalue weighted by Gasteiger charge is 2.25. The molecule has 26 heavy (non-hydrogen) atoms. The van der Waals surface area contributed by atoms with Gasteiger partial charge in [0.05, 0.1) is 5.69 Å². The van der Waals surface area contributed by atoms with Crippen molar-refractivity contribution in [2.75, 3.05) is 14.2 Å². The first-order chi connectivity index (χ1) is 12.5. The molecule has 2 aromatic heterocycles. The van der Waals surface area contributed by atoms with Crippen molar-refractivity contribution in [3.8, 4) is 11.3 Å². The van der Waals surface area contributed by atoms with E-state index in [2.05, 4.69) is 4.98 Å². The van der Waals surface area contributed by atoms with Crippen molar-refractivity contribution in [1.82, 2.24) is 8.96 Å². The van der Waals surface area contributed by atoms with Crippen molar-refractivity contribution < 1.29 is 17.9 Å². The van der Waals surface area contributed by atoms with Crippen LogP contribution < -0.4 is 0 Å². The Morgan fingerprint density at radius 2 is 1.85 bits per heavy atom. The van der Waals surface area contributed by atoms with Crippen molar-refractivity contribution in [1.29, 1.82) is 0 Å². The summed E-state index contributed by atoms with van der Waals surface area (Å²) in [4.78, 5) is 3.97. The minimum absolute atomic E-state index is 0.0711. The van der Waals surface area contributed by atoms with Gasteiger partial charge in [0.2, 0.25) is 0 Å². The lowest BCUT2D eigenvalue weighted by Crippen LogP contribution is -2.13. The van der Waals surface area contributed by atoms with Gasteiger partial charge in [-0.2, -0.15) is 0 Å². The molecule has 0 fully saturated rings. The number of benzene rings is 1. The minimum atomic E-state index is -3.88. The van der Waals surface area contributed by atoms with Gasteiger partial charge < -0.3 is 9.47 Å². The molecule has 1 aromatic carbocycles. The summed E-state index contributed by atoms with van der Waals surface area (Å²) in [5.41, 5.74) is 1.55. The fraction of sp³-hybridized carbons (Fsp3) is 0.167. The predicted molar refractivity (Wildman–Crippen MR) is 98.5 cm³/mol. The largest absolute Gasteiger partial charge is 0.352 e. The van der Waals surface area contributed by atoms with E-state index in [0.29, 0.717) is 21.8 Å². The molecule has 8 heteroatoms. The number of hydrogen-bond donors (Lipinski definition) is 0. The molecule has 3 rings (SSSR count). The number of aromatic nitrogens is 2. The normalized spacial score (nSPS) is 11.8. The maximum atomic E-state index is 13.2. The zero-order valence-corrected chi connectivity index (χ0v) is 15.7. The number of hydrogen-bond acceptors (Lipinski definition) is 5. The van der Waals surface area contributed by atoms with E-state index < -0.39 is 16.3 Å². The lowest BCUT2D eigenvalue weighted by molar-refractivity contribution is -0.105. The van der Waals surface area contributed by atoms with Crippen LogP contribution in [-0.2, 0) is 19.5 Å². The fourth-order valence-corrected chi connectivity index (χ4v) is 4.21. The molecule has 0 atom stereocenters. The molecule has 0 N–H and O–H groups in total. The zero-order valence-electron chi connectivity index (χ0n) is 14.2. The first-order valence-corrected chi connectivity index (χ1v) is 9.49. The van der Waals surface area contributed by atoms with E-state index in [-0.39, 0.29) is 4.90 Å². The number of methoxy groups -OCH3 is 2. The van der Waals surface area contributed by atoms with Gasteiger partial charge in [-0.25, -0.2) is 12.4 Å². The maximum absolute atomic E-state index is 13.2. The molecule has 2 heterocycles. The van der Waals surface area contributed by atoms with Gasteiger partial charge in [-0.3, -0.25) is 4.98 Å². The second-order valence-corrected chi connectivity index (χ2v) is 7.65. The van der Waals surface area contributed by atoms with E-state index in [1.54, 1.807) is 36.4 Å². The molecule has 136 valence electrons. The number of ether oxygens (including phenoxy) is 2. The molecule has 0 unspecified atom stereocenters. The molecule has 6 nitrogen and oxygen atoms in total. The Hall–Kier alpha value is -2.19. The van der Waals surface area contributed by atoms with Crippen LogP contribution in [0.3, 0.4) is 0 Å². The number of halogens is 1. The molecule has 0 radical (unpaired) electrons. The number of pyridine rings is 1. The molecule has 3 aromatic rings. The molecular weight excluding hydrogens is 376 g/mol. The van der Waals surface area contributed by atoms with Crippen LogP contribution in [0.2, 0.25) is 5.02 Å². The van der Waals surface area contributed by atoms with Gasteiger partial charge in [0, 0.05) is 49.0 Å². The summed E-state index contributed by atoms with van der Waals surface area (Å²) in [6.45, 7) is 0. The summed E-state index contributed by atoms with van der Waals surface area (Å²) in [5, 5.41) is 0.436. The molecule has 0 spiro atoms. The smallest absolute Gasteiger partial charge is 0.269 e. The molecule has 0 bridgehead atoms. The zero-order chi connectivity index (χ0) is 18.7. The summed E-state index contributed by atoms with van der Waals surface area (Å²) < 4.78 is 38.0. The topological polar surface area (TPSA) is 70.4 Å². The van der Waals surface area contributed by atoms with E-state index in [9.17, 15) is 8.42 Å². The van der Waals surface area contributed by atoms with Gasteiger partial charge in [0.25, 0.3) is 10.0 Å². The Labute approximate surface area is 157 Å². The third-order valence-electron chi connectivity index (χ3n) is 3.85. The Morgan fingerprint density at radius 1 is 1.12 bits per heavy atom. The molecule has 0 aliphatic carbocycles. The summed E-state index contributed by atoms with van der Waals surface area (Å²) in [6, 6.07) is 11.8. The fourth-order valence-electron chi connectivity index (χ4n) is 2.64. The van der Waals surface area contributed by atoms with Crippen LogP contribution in [0, 0.1) is 0 Å². The number of rotatable bonds is 6. The van der Waals surface area contributed by atoms with Crippen LogP contribution in [0.25, 0.3) is 11.3 Å². The van der Waals surface area contributed by atoms with Gasteiger partial charge in [-0.15, -0.1) is 0 Å². The lowest BCUT2D eigenvalue weighted by Gasteiger charge is -2.11. The second kappa shape index (κ2) is 7.59. The molecule has 0 saturated heterocycles. The highest BCUT2D eigenvalue weighted by molar-refractivity contribution is 7.90. The first kappa shape index (κ1) is 18.6. The third-order valence-corrected chi connectivity index (χ3v) is 5.84. The van der Waals surface area contributed by atoms with Gasteiger partial charge >= 0.3 is 0 Å². The molecule has 0 aliphatic heterocycles. The quantitative estimate of drug-likeness (QED) is 0.598. The minimum Gasteiger partial charge on any atom is -0.352 e. The monoisotopic (exact) mass is 392 g/mol. The van der Waals surface area contributed by atoms with Crippen molar-refractivity contribution >= 4 is 21.6 Å². The summed E-state index contributed by atoms with van der Waals surface area (Å²) >= 11 is 6.30. The highest BCUT2D eigenvalue weighted by atomic mass is 35.5. The Kier molecular flexibility index (Phi) is 5.43. The summed E-state index contributed by atoms with van der Waals surface area (Å²) in [7, 11) is -0.914. The van der Waals surface area contributed by atoms with Crippen molar-refractivity contribution in [3.63, 3.8) is 0 Å². The highest BCUT2D eigenvalue weighted by Crippen LogP contribution is 2.34. The average Bonchev–Trinajstić information content (AvgIpc) is 3.09. The van der Waals surface area contributed by atoms with Gasteiger partial charge in [0.15, 0.2) is 6.29 Å². The van der Waals surface area contributed by atoms with Crippen LogP contribution in [0.15, 0.2) is 66.0 Å². The Morgan fingerprint density at radius 3 is 2.46 bits per heavy atom. The van der Waals surface area contributed by atoms with E-state index in [1.165, 1.54) is 42.8 Å². The van der Waals surface area contributed by atoms with Crippen molar-refractivity contribution in [2.24, 2.45) is 0 Å². The average molecular weight is 393 g/mol. The first-order valence-electron chi connectivity index (χ1n) is 7.67. The number of nitrogens with zero attached hydrogens (tertiary/aromatic N) is 2.